The average molecular weight is 244 g/mol. The molecule has 0 aliphatic carbocycles. The van der Waals surface area contributed by atoms with Crippen LogP contribution in [-0.2, 0) is 0 Å². The van der Waals surface area contributed by atoms with E-state index in [4.69, 9.17) is 30.0 Å². The predicted octanol–water partition coefficient (Wildman–Crippen LogP) is -0.670. The van der Waals surface area contributed by atoms with Crippen molar-refractivity contribution in [3.8, 4) is 0 Å². The fourth-order valence-electron chi connectivity index (χ4n) is 0.939. The van der Waals surface area contributed by atoms with E-state index >= 15 is 0 Å². The SMILES string of the molecule is CCCCC(CO)(CO)CO.OP(O)O. The molecule has 0 aliphatic rings. The summed E-state index contributed by atoms with van der Waals surface area (Å²) in [4.78, 5) is 21.7. The average Bonchev–Trinajstić information content (AvgIpc) is 2.20. The number of aliphatic hydroxyl groups excluding tert-OH is 3. The number of hydrogen-bond donors (Lipinski definition) is 6. The van der Waals surface area contributed by atoms with Crippen molar-refractivity contribution >= 4 is 8.60 Å². The summed E-state index contributed by atoms with van der Waals surface area (Å²) < 4.78 is 0. The maximum Gasteiger partial charge on any atom is 0.324 e. The van der Waals surface area contributed by atoms with Crippen LogP contribution < -0.4 is 0 Å². The molecule has 0 aromatic carbocycles. The van der Waals surface area contributed by atoms with Crippen molar-refractivity contribution in [2.75, 3.05) is 19.8 Å². The first kappa shape index (κ1) is 17.6. The van der Waals surface area contributed by atoms with E-state index in [1.54, 1.807) is 0 Å². The van der Waals surface area contributed by atoms with Crippen molar-refractivity contribution in [2.45, 2.75) is 26.2 Å². The van der Waals surface area contributed by atoms with Crippen molar-refractivity contribution < 1.29 is 30.0 Å². The van der Waals surface area contributed by atoms with Gasteiger partial charge in [-0.2, -0.15) is 0 Å². The summed E-state index contributed by atoms with van der Waals surface area (Å²) in [5.41, 5.74) is -0.657. The molecule has 0 aromatic heterocycles. The molecule has 0 amide bonds. The van der Waals surface area contributed by atoms with Crippen molar-refractivity contribution in [3.05, 3.63) is 0 Å². The number of rotatable bonds is 6. The molecule has 0 aromatic rings. The van der Waals surface area contributed by atoms with Crippen LogP contribution in [0.1, 0.15) is 26.2 Å². The molecule has 0 spiro atoms. The van der Waals surface area contributed by atoms with Crippen LogP contribution in [-0.4, -0.2) is 49.8 Å². The summed E-state index contributed by atoms with van der Waals surface area (Å²) in [7, 11) is -2.62. The highest BCUT2D eigenvalue weighted by Crippen LogP contribution is 2.22. The molecule has 0 saturated heterocycles. The standard InChI is InChI=1S/C8H18O3.H3O3P/c1-2-3-4-8(5-9,6-10)7-11;1-4(2)3/h9-11H,2-7H2,1H3;1-3H. The number of hydrogen-bond acceptors (Lipinski definition) is 6. The van der Waals surface area contributed by atoms with E-state index in [2.05, 4.69) is 0 Å². The van der Waals surface area contributed by atoms with E-state index < -0.39 is 14.0 Å². The van der Waals surface area contributed by atoms with Crippen LogP contribution >= 0.6 is 8.60 Å². The Morgan fingerprint density at radius 1 is 0.933 bits per heavy atom. The Labute approximate surface area is 90.8 Å². The second-order valence-corrected chi connectivity index (χ2v) is 3.88. The minimum absolute atomic E-state index is 0.139. The Kier molecular flexibility index (Phi) is 12.5. The molecule has 0 rings (SSSR count). The second-order valence-electron chi connectivity index (χ2n) is 3.35. The van der Waals surface area contributed by atoms with Gasteiger partial charge in [0.1, 0.15) is 0 Å². The third-order valence-corrected chi connectivity index (χ3v) is 2.07. The molecule has 7 heteroatoms. The lowest BCUT2D eigenvalue weighted by Crippen LogP contribution is -2.33. The maximum absolute atomic E-state index is 8.88. The molecule has 6 N–H and O–H groups in total. The van der Waals surface area contributed by atoms with Gasteiger partial charge in [0.15, 0.2) is 0 Å². The molecule has 0 unspecified atom stereocenters. The van der Waals surface area contributed by atoms with E-state index in [9.17, 15) is 0 Å². The summed E-state index contributed by atoms with van der Waals surface area (Å²) in [5.74, 6) is 0. The summed E-state index contributed by atoms with van der Waals surface area (Å²) >= 11 is 0. The zero-order valence-corrected chi connectivity index (χ0v) is 9.77. The third kappa shape index (κ3) is 10.5. The van der Waals surface area contributed by atoms with Crippen LogP contribution in [0.15, 0.2) is 0 Å². The van der Waals surface area contributed by atoms with Crippen LogP contribution in [0.25, 0.3) is 0 Å². The molecular formula is C8H21O6P. The van der Waals surface area contributed by atoms with Crippen LogP contribution in [0.3, 0.4) is 0 Å². The van der Waals surface area contributed by atoms with Gasteiger partial charge in [-0.15, -0.1) is 0 Å². The first-order valence-corrected chi connectivity index (χ1v) is 5.87. The van der Waals surface area contributed by atoms with E-state index in [0.717, 1.165) is 12.8 Å². The van der Waals surface area contributed by atoms with Gasteiger partial charge < -0.3 is 30.0 Å². The van der Waals surface area contributed by atoms with Crippen LogP contribution in [0, 0.1) is 5.41 Å². The molecule has 0 aliphatic heterocycles. The minimum Gasteiger partial charge on any atom is -0.396 e. The first-order valence-electron chi connectivity index (χ1n) is 4.67. The smallest absolute Gasteiger partial charge is 0.324 e. The fraction of sp³-hybridized carbons (Fsp3) is 1.00. The molecule has 0 heterocycles. The summed E-state index contributed by atoms with van der Waals surface area (Å²) in [6, 6.07) is 0. The quantitative estimate of drug-likeness (QED) is 0.345. The zero-order valence-electron chi connectivity index (χ0n) is 8.87. The van der Waals surface area contributed by atoms with Crippen LogP contribution in [0.2, 0.25) is 0 Å². The van der Waals surface area contributed by atoms with Gasteiger partial charge in [0, 0.05) is 5.41 Å². The molecule has 0 radical (unpaired) electrons. The van der Waals surface area contributed by atoms with Gasteiger partial charge in [-0.05, 0) is 6.42 Å². The van der Waals surface area contributed by atoms with Gasteiger partial charge in [-0.1, -0.05) is 19.8 Å². The highest BCUT2D eigenvalue weighted by atomic mass is 31.2. The monoisotopic (exact) mass is 244 g/mol. The topological polar surface area (TPSA) is 121 Å². The van der Waals surface area contributed by atoms with Crippen molar-refractivity contribution in [1.29, 1.82) is 0 Å². The zero-order chi connectivity index (χ0) is 12.3. The third-order valence-electron chi connectivity index (χ3n) is 2.07. The van der Waals surface area contributed by atoms with Crippen LogP contribution in [0.5, 0.6) is 0 Å². The van der Waals surface area contributed by atoms with Crippen molar-refractivity contribution in [1.82, 2.24) is 0 Å². The van der Waals surface area contributed by atoms with Gasteiger partial charge in [0.25, 0.3) is 0 Å². The molecular weight excluding hydrogens is 223 g/mol. The Balaban J connectivity index is 0. The van der Waals surface area contributed by atoms with Crippen LogP contribution in [0.4, 0.5) is 0 Å². The summed E-state index contributed by atoms with van der Waals surface area (Å²) in [6.07, 6.45) is 2.64. The summed E-state index contributed by atoms with van der Waals surface area (Å²) in [6.45, 7) is 1.62. The predicted molar refractivity (Wildman–Crippen MR) is 56.8 cm³/mol. The summed E-state index contributed by atoms with van der Waals surface area (Å²) in [5, 5.41) is 26.6. The molecule has 94 valence electrons. The number of unbranched alkanes of at least 4 members (excludes halogenated alkanes) is 1. The van der Waals surface area contributed by atoms with Gasteiger partial charge in [0.05, 0.1) is 19.8 Å². The van der Waals surface area contributed by atoms with E-state index in [0.29, 0.717) is 6.42 Å². The Hall–Kier alpha value is 0.190. The molecule has 0 bridgehead atoms. The highest BCUT2D eigenvalue weighted by Gasteiger charge is 2.26. The maximum atomic E-state index is 8.88. The molecule has 6 nitrogen and oxygen atoms in total. The molecule has 0 fully saturated rings. The van der Waals surface area contributed by atoms with Gasteiger partial charge in [0.2, 0.25) is 0 Å². The van der Waals surface area contributed by atoms with Gasteiger partial charge >= 0.3 is 8.60 Å². The second kappa shape index (κ2) is 10.7. The van der Waals surface area contributed by atoms with Crippen molar-refractivity contribution in [2.24, 2.45) is 5.41 Å². The molecule has 15 heavy (non-hydrogen) atoms. The van der Waals surface area contributed by atoms with E-state index in [-0.39, 0.29) is 19.8 Å². The Morgan fingerprint density at radius 2 is 1.27 bits per heavy atom. The Bertz CT molecular complexity index is 117. The van der Waals surface area contributed by atoms with Gasteiger partial charge in [-0.3, -0.25) is 0 Å². The first-order chi connectivity index (χ1) is 6.97. The van der Waals surface area contributed by atoms with Gasteiger partial charge in [-0.25, -0.2) is 0 Å². The lowest BCUT2D eigenvalue weighted by Gasteiger charge is -2.26. The lowest BCUT2D eigenvalue weighted by atomic mass is 9.85. The fourth-order valence-corrected chi connectivity index (χ4v) is 0.939. The number of aliphatic hydroxyl groups is 3. The Morgan fingerprint density at radius 3 is 1.47 bits per heavy atom. The highest BCUT2D eigenvalue weighted by molar-refractivity contribution is 7.38. The minimum atomic E-state index is -2.62. The van der Waals surface area contributed by atoms with E-state index in [1.807, 2.05) is 6.92 Å². The van der Waals surface area contributed by atoms with Crippen molar-refractivity contribution in [3.63, 3.8) is 0 Å². The normalized spacial score (nSPS) is 11.2. The largest absolute Gasteiger partial charge is 0.396 e. The lowest BCUT2D eigenvalue weighted by molar-refractivity contribution is -0.00197. The van der Waals surface area contributed by atoms with E-state index in [1.165, 1.54) is 0 Å². The molecule has 0 atom stereocenters. The molecule has 0 saturated carbocycles.